The molecule has 1 heterocycles. The summed E-state index contributed by atoms with van der Waals surface area (Å²) in [6, 6.07) is 11.0. The molecule has 0 unspecified atom stereocenters. The molecule has 0 saturated carbocycles. The zero-order valence-corrected chi connectivity index (χ0v) is 17.7. The Morgan fingerprint density at radius 2 is 1.87 bits per heavy atom. The summed E-state index contributed by atoms with van der Waals surface area (Å²) in [5, 5.41) is 2.59. The minimum absolute atomic E-state index is 0.0125. The van der Waals surface area contributed by atoms with E-state index in [0.29, 0.717) is 18.8 Å². The predicted molar refractivity (Wildman–Crippen MR) is 115 cm³/mol. The topological polar surface area (TPSA) is 128 Å². The number of morpholine rings is 1. The number of anilines is 1. The number of rotatable bonds is 7. The zero-order chi connectivity index (χ0) is 22.4. The van der Waals surface area contributed by atoms with Crippen LogP contribution in [-0.4, -0.2) is 58.0 Å². The summed E-state index contributed by atoms with van der Waals surface area (Å²) in [7, 11) is -2.39. The lowest BCUT2D eigenvalue weighted by Gasteiger charge is -2.26. The van der Waals surface area contributed by atoms with Gasteiger partial charge in [0, 0.05) is 19.2 Å². The summed E-state index contributed by atoms with van der Waals surface area (Å²) in [4.78, 5) is 23.8. The monoisotopic (exact) mass is 445 g/mol. The Labute approximate surface area is 180 Å². The Morgan fingerprint density at radius 1 is 1.16 bits per heavy atom. The quantitative estimate of drug-likeness (QED) is 0.621. The van der Waals surface area contributed by atoms with Crippen molar-refractivity contribution >= 4 is 33.6 Å². The summed E-state index contributed by atoms with van der Waals surface area (Å²) in [5.41, 5.74) is 6.28. The smallest absolute Gasteiger partial charge is 0.250 e. The number of para-hydroxylation sites is 1. The van der Waals surface area contributed by atoms with Crippen LogP contribution in [0.25, 0.3) is 6.08 Å². The number of nitrogens with zero attached hydrogens (tertiary/aromatic N) is 1. The van der Waals surface area contributed by atoms with E-state index in [1.807, 2.05) is 0 Å². The van der Waals surface area contributed by atoms with Crippen molar-refractivity contribution in [1.82, 2.24) is 4.31 Å². The highest BCUT2D eigenvalue weighted by Crippen LogP contribution is 2.29. The highest BCUT2D eigenvalue weighted by Gasteiger charge is 2.29. The Balaban J connectivity index is 1.82. The molecule has 31 heavy (non-hydrogen) atoms. The molecule has 1 saturated heterocycles. The molecule has 1 fully saturated rings. The van der Waals surface area contributed by atoms with E-state index in [1.165, 1.54) is 41.8 Å². The first kappa shape index (κ1) is 22.5. The number of methoxy groups -OCH3 is 1. The number of sulfonamides is 1. The Hall–Kier alpha value is -3.21. The first-order valence-electron chi connectivity index (χ1n) is 9.47. The lowest BCUT2D eigenvalue weighted by molar-refractivity contribution is -0.111. The van der Waals surface area contributed by atoms with Gasteiger partial charge in [-0.25, -0.2) is 8.42 Å². The molecule has 1 aliphatic heterocycles. The zero-order valence-electron chi connectivity index (χ0n) is 16.9. The van der Waals surface area contributed by atoms with Gasteiger partial charge in [0.1, 0.15) is 10.6 Å². The molecule has 2 amide bonds. The fourth-order valence-electron chi connectivity index (χ4n) is 3.08. The number of nitrogens with two attached hydrogens (primary N) is 1. The van der Waals surface area contributed by atoms with Crippen LogP contribution in [0.4, 0.5) is 5.69 Å². The van der Waals surface area contributed by atoms with Crippen LogP contribution in [0.3, 0.4) is 0 Å². The van der Waals surface area contributed by atoms with Gasteiger partial charge in [0.25, 0.3) is 5.91 Å². The van der Waals surface area contributed by atoms with Crippen molar-refractivity contribution in [2.75, 3.05) is 38.7 Å². The highest BCUT2D eigenvalue weighted by molar-refractivity contribution is 7.89. The molecule has 2 aromatic rings. The maximum atomic E-state index is 13.0. The van der Waals surface area contributed by atoms with Gasteiger partial charge in [-0.15, -0.1) is 0 Å². The number of carbonyl (C=O) groups is 2. The van der Waals surface area contributed by atoms with E-state index in [2.05, 4.69) is 5.32 Å². The minimum Gasteiger partial charge on any atom is -0.495 e. The van der Waals surface area contributed by atoms with E-state index in [9.17, 15) is 18.0 Å². The fourth-order valence-corrected chi connectivity index (χ4v) is 4.68. The van der Waals surface area contributed by atoms with Crippen molar-refractivity contribution in [2.45, 2.75) is 4.90 Å². The van der Waals surface area contributed by atoms with Gasteiger partial charge in [-0.2, -0.15) is 4.31 Å². The fraction of sp³-hybridized carbons (Fsp3) is 0.238. The van der Waals surface area contributed by atoms with Gasteiger partial charge in [-0.3, -0.25) is 9.59 Å². The van der Waals surface area contributed by atoms with Crippen molar-refractivity contribution in [3.8, 4) is 5.75 Å². The molecular formula is C21H23N3O6S. The Morgan fingerprint density at radius 3 is 2.55 bits per heavy atom. The number of benzene rings is 2. The first-order chi connectivity index (χ1) is 14.8. The average molecular weight is 445 g/mol. The molecule has 0 radical (unpaired) electrons. The van der Waals surface area contributed by atoms with Crippen LogP contribution in [0.1, 0.15) is 15.9 Å². The Bertz CT molecular complexity index is 1110. The van der Waals surface area contributed by atoms with Crippen molar-refractivity contribution in [1.29, 1.82) is 0 Å². The predicted octanol–water partition coefficient (Wildman–Crippen LogP) is 1.47. The number of primary amides is 1. The number of carbonyl (C=O) groups excluding carboxylic acids is 2. The molecule has 0 spiro atoms. The summed E-state index contributed by atoms with van der Waals surface area (Å²) in [6.45, 7) is 1.17. The second-order valence-electron chi connectivity index (χ2n) is 6.66. The molecule has 3 N–H and O–H groups in total. The number of ether oxygens (including phenoxy) is 2. The minimum atomic E-state index is -3.79. The molecule has 0 aromatic heterocycles. The van der Waals surface area contributed by atoms with E-state index in [-0.39, 0.29) is 35.0 Å². The lowest BCUT2D eigenvalue weighted by atomic mass is 10.1. The van der Waals surface area contributed by atoms with Gasteiger partial charge in [0.05, 0.1) is 31.6 Å². The molecule has 2 aromatic carbocycles. The van der Waals surface area contributed by atoms with Crippen molar-refractivity contribution in [3.63, 3.8) is 0 Å². The van der Waals surface area contributed by atoms with Crippen LogP contribution in [-0.2, 0) is 19.6 Å². The van der Waals surface area contributed by atoms with E-state index in [0.717, 1.165) is 0 Å². The molecule has 0 bridgehead atoms. The van der Waals surface area contributed by atoms with Crippen LogP contribution in [0.5, 0.6) is 5.75 Å². The van der Waals surface area contributed by atoms with Gasteiger partial charge < -0.3 is 20.5 Å². The number of nitrogens with one attached hydrogen (secondary N) is 1. The van der Waals surface area contributed by atoms with E-state index in [4.69, 9.17) is 15.2 Å². The van der Waals surface area contributed by atoms with Gasteiger partial charge in [-0.05, 0) is 35.9 Å². The third-order valence-corrected chi connectivity index (χ3v) is 6.57. The Kier molecular flexibility index (Phi) is 7.06. The normalized spacial score (nSPS) is 15.0. The van der Waals surface area contributed by atoms with E-state index in [1.54, 1.807) is 24.3 Å². The molecule has 1 aliphatic rings. The SMILES string of the molecule is COc1ccc(/C=C/C(=O)Nc2ccccc2C(N)=O)cc1S(=O)(=O)N1CCOCC1. The van der Waals surface area contributed by atoms with Gasteiger partial charge in [0.15, 0.2) is 0 Å². The second-order valence-corrected chi connectivity index (χ2v) is 8.57. The van der Waals surface area contributed by atoms with Crippen LogP contribution in [0.15, 0.2) is 53.4 Å². The van der Waals surface area contributed by atoms with Crippen LogP contribution < -0.4 is 15.8 Å². The molecule has 0 aliphatic carbocycles. The summed E-state index contributed by atoms with van der Waals surface area (Å²) >= 11 is 0. The summed E-state index contributed by atoms with van der Waals surface area (Å²) in [6.07, 6.45) is 2.71. The average Bonchev–Trinajstić information content (AvgIpc) is 2.78. The maximum absolute atomic E-state index is 13.0. The lowest BCUT2D eigenvalue weighted by Crippen LogP contribution is -2.40. The molecule has 3 rings (SSSR count). The third-order valence-electron chi connectivity index (χ3n) is 4.65. The number of hydrogen-bond donors (Lipinski definition) is 2. The van der Waals surface area contributed by atoms with Crippen LogP contribution in [0, 0.1) is 0 Å². The van der Waals surface area contributed by atoms with Crippen molar-refractivity contribution < 1.29 is 27.5 Å². The second kappa shape index (κ2) is 9.73. The first-order valence-corrected chi connectivity index (χ1v) is 10.9. The van der Waals surface area contributed by atoms with Crippen LogP contribution >= 0.6 is 0 Å². The number of amides is 2. The summed E-state index contributed by atoms with van der Waals surface area (Å²) in [5.74, 6) is -0.946. The van der Waals surface area contributed by atoms with E-state index >= 15 is 0 Å². The van der Waals surface area contributed by atoms with Crippen LogP contribution in [0.2, 0.25) is 0 Å². The van der Waals surface area contributed by atoms with Gasteiger partial charge >= 0.3 is 0 Å². The van der Waals surface area contributed by atoms with Gasteiger partial charge in [0.2, 0.25) is 15.9 Å². The van der Waals surface area contributed by atoms with E-state index < -0.39 is 21.8 Å². The van der Waals surface area contributed by atoms with Crippen molar-refractivity contribution in [3.05, 3.63) is 59.7 Å². The third kappa shape index (κ3) is 5.29. The largest absolute Gasteiger partial charge is 0.495 e. The molecule has 164 valence electrons. The maximum Gasteiger partial charge on any atom is 0.250 e. The standard InChI is InChI=1S/C21H23N3O6S/c1-29-18-8-6-15(14-19(18)31(27,28)24-10-12-30-13-11-24)7-9-20(25)23-17-5-3-2-4-16(17)21(22)26/h2-9,14H,10-13H2,1H3,(H2,22,26)(H,23,25)/b9-7+. The number of hydrogen-bond acceptors (Lipinski definition) is 6. The summed E-state index contributed by atoms with van der Waals surface area (Å²) < 4.78 is 37.9. The molecule has 0 atom stereocenters. The molecule has 10 heteroatoms. The van der Waals surface area contributed by atoms with Gasteiger partial charge in [-0.1, -0.05) is 18.2 Å². The molecular weight excluding hydrogens is 422 g/mol. The highest BCUT2D eigenvalue weighted by atomic mass is 32.2. The molecule has 9 nitrogen and oxygen atoms in total. The van der Waals surface area contributed by atoms with Crippen molar-refractivity contribution in [2.24, 2.45) is 5.73 Å².